The Morgan fingerprint density at radius 1 is 1.42 bits per heavy atom. The largest absolute Gasteiger partial charge is 0.469 e. The van der Waals surface area contributed by atoms with Gasteiger partial charge in [-0.05, 0) is 6.92 Å². The highest BCUT2D eigenvalue weighted by Gasteiger charge is 2.12. The minimum atomic E-state index is -0.209. The quantitative estimate of drug-likeness (QED) is 0.602. The Bertz CT molecular complexity index is 381. The number of carbonyl (C=O) groups excluding carboxylic acids is 1. The number of aryl methyl sites for hydroxylation is 1. The third kappa shape index (κ3) is 5.35. The van der Waals surface area contributed by atoms with Crippen LogP contribution in [0.5, 0.6) is 0 Å². The average molecular weight is 270 g/mol. The number of esters is 1. The van der Waals surface area contributed by atoms with Crippen molar-refractivity contribution < 1.29 is 14.3 Å². The smallest absolute Gasteiger partial charge is 0.306 e. The zero-order valence-corrected chi connectivity index (χ0v) is 11.8. The van der Waals surface area contributed by atoms with Gasteiger partial charge in [-0.2, -0.15) is 5.10 Å². The van der Waals surface area contributed by atoms with Crippen molar-refractivity contribution in [2.75, 3.05) is 33.9 Å². The number of hydrogen-bond acceptors (Lipinski definition) is 6. The van der Waals surface area contributed by atoms with Gasteiger partial charge in [-0.25, -0.2) is 9.67 Å². The van der Waals surface area contributed by atoms with Crippen molar-refractivity contribution in [1.29, 1.82) is 0 Å². The van der Waals surface area contributed by atoms with Crippen molar-refractivity contribution in [3.8, 4) is 0 Å². The van der Waals surface area contributed by atoms with Gasteiger partial charge in [0.15, 0.2) is 0 Å². The van der Waals surface area contributed by atoms with Crippen LogP contribution < -0.4 is 0 Å². The highest BCUT2D eigenvalue weighted by atomic mass is 16.5. The van der Waals surface area contributed by atoms with Crippen molar-refractivity contribution in [3.05, 3.63) is 12.2 Å². The zero-order valence-electron chi connectivity index (χ0n) is 11.8. The maximum absolute atomic E-state index is 11.2. The molecule has 0 spiro atoms. The van der Waals surface area contributed by atoms with E-state index in [9.17, 15) is 4.79 Å². The molecule has 0 aliphatic rings. The highest BCUT2D eigenvalue weighted by molar-refractivity contribution is 5.69. The highest BCUT2D eigenvalue weighted by Crippen LogP contribution is 2.03. The third-order valence-corrected chi connectivity index (χ3v) is 2.83. The summed E-state index contributed by atoms with van der Waals surface area (Å²) in [5.74, 6) is 0.683. The molecule has 1 aromatic rings. The van der Waals surface area contributed by atoms with Crippen LogP contribution in [-0.2, 0) is 27.4 Å². The second-order valence-corrected chi connectivity index (χ2v) is 4.09. The van der Waals surface area contributed by atoms with E-state index in [1.54, 1.807) is 13.4 Å². The molecule has 7 heteroatoms. The molecule has 1 aromatic heterocycles. The Kier molecular flexibility index (Phi) is 7.06. The third-order valence-electron chi connectivity index (χ3n) is 2.83. The molecular weight excluding hydrogens is 248 g/mol. The summed E-state index contributed by atoms with van der Waals surface area (Å²) >= 11 is 0. The van der Waals surface area contributed by atoms with E-state index < -0.39 is 0 Å². The molecule has 0 amide bonds. The molecule has 108 valence electrons. The lowest BCUT2D eigenvalue weighted by Gasteiger charge is -2.20. The molecule has 0 saturated carbocycles. The Labute approximate surface area is 113 Å². The summed E-state index contributed by atoms with van der Waals surface area (Å²) in [5.41, 5.74) is 0. The van der Waals surface area contributed by atoms with Gasteiger partial charge in [-0.1, -0.05) is 0 Å². The standard InChI is InChI=1S/C12H22N4O3/c1-4-16-11(13-10-14-16)9-15(7-8-18-2)6-5-12(17)19-3/h10H,4-9H2,1-3H3. The Morgan fingerprint density at radius 3 is 2.84 bits per heavy atom. The van der Waals surface area contributed by atoms with Crippen molar-refractivity contribution >= 4 is 5.97 Å². The van der Waals surface area contributed by atoms with Crippen LogP contribution in [0.15, 0.2) is 6.33 Å². The SMILES string of the molecule is CCn1ncnc1CN(CCOC)CCC(=O)OC. The fraction of sp³-hybridized carbons (Fsp3) is 0.750. The van der Waals surface area contributed by atoms with E-state index in [1.165, 1.54) is 7.11 Å². The van der Waals surface area contributed by atoms with Gasteiger partial charge in [0, 0.05) is 26.7 Å². The monoisotopic (exact) mass is 270 g/mol. The molecule has 7 nitrogen and oxygen atoms in total. The summed E-state index contributed by atoms with van der Waals surface area (Å²) in [7, 11) is 3.06. The maximum atomic E-state index is 11.2. The Balaban J connectivity index is 2.55. The van der Waals surface area contributed by atoms with Crippen LogP contribution in [0.4, 0.5) is 0 Å². The van der Waals surface area contributed by atoms with Gasteiger partial charge in [-0.3, -0.25) is 9.69 Å². The molecule has 0 saturated heterocycles. The van der Waals surface area contributed by atoms with E-state index in [0.29, 0.717) is 26.1 Å². The van der Waals surface area contributed by atoms with Crippen LogP contribution in [0.2, 0.25) is 0 Å². The van der Waals surface area contributed by atoms with Crippen LogP contribution in [-0.4, -0.2) is 59.5 Å². The molecule has 0 fully saturated rings. The molecule has 0 aromatic carbocycles. The van der Waals surface area contributed by atoms with Crippen LogP contribution >= 0.6 is 0 Å². The van der Waals surface area contributed by atoms with Gasteiger partial charge in [0.2, 0.25) is 0 Å². The van der Waals surface area contributed by atoms with E-state index in [4.69, 9.17) is 4.74 Å². The summed E-state index contributed by atoms with van der Waals surface area (Å²) in [4.78, 5) is 17.5. The predicted molar refractivity (Wildman–Crippen MR) is 69.5 cm³/mol. The van der Waals surface area contributed by atoms with Crippen LogP contribution in [0.1, 0.15) is 19.2 Å². The van der Waals surface area contributed by atoms with E-state index in [2.05, 4.69) is 19.7 Å². The zero-order chi connectivity index (χ0) is 14.1. The number of ether oxygens (including phenoxy) is 2. The molecule has 1 heterocycles. The van der Waals surface area contributed by atoms with Crippen molar-refractivity contribution in [3.63, 3.8) is 0 Å². The van der Waals surface area contributed by atoms with E-state index in [1.807, 2.05) is 11.6 Å². The molecule has 0 atom stereocenters. The van der Waals surface area contributed by atoms with E-state index in [0.717, 1.165) is 18.9 Å². The first kappa shape index (κ1) is 15.6. The number of nitrogens with zero attached hydrogens (tertiary/aromatic N) is 4. The Hall–Kier alpha value is -1.47. The summed E-state index contributed by atoms with van der Waals surface area (Å²) in [5, 5.41) is 4.14. The minimum Gasteiger partial charge on any atom is -0.469 e. The molecule has 1 rings (SSSR count). The Morgan fingerprint density at radius 2 is 2.21 bits per heavy atom. The number of carbonyl (C=O) groups is 1. The minimum absolute atomic E-state index is 0.209. The number of methoxy groups -OCH3 is 2. The number of rotatable bonds is 9. The van der Waals surface area contributed by atoms with Gasteiger partial charge in [0.05, 0.1) is 26.7 Å². The van der Waals surface area contributed by atoms with Gasteiger partial charge < -0.3 is 9.47 Å². The second kappa shape index (κ2) is 8.60. The lowest BCUT2D eigenvalue weighted by atomic mass is 10.3. The van der Waals surface area contributed by atoms with E-state index >= 15 is 0 Å². The maximum Gasteiger partial charge on any atom is 0.306 e. The van der Waals surface area contributed by atoms with Crippen molar-refractivity contribution in [1.82, 2.24) is 19.7 Å². The van der Waals surface area contributed by atoms with Gasteiger partial charge in [0.25, 0.3) is 0 Å². The fourth-order valence-corrected chi connectivity index (χ4v) is 1.72. The van der Waals surface area contributed by atoms with Crippen LogP contribution in [0.25, 0.3) is 0 Å². The first-order valence-electron chi connectivity index (χ1n) is 6.36. The lowest BCUT2D eigenvalue weighted by Crippen LogP contribution is -2.31. The molecule has 0 aliphatic heterocycles. The summed E-state index contributed by atoms with van der Waals surface area (Å²) in [6.07, 6.45) is 1.91. The second-order valence-electron chi connectivity index (χ2n) is 4.09. The first-order valence-corrected chi connectivity index (χ1v) is 6.36. The van der Waals surface area contributed by atoms with Crippen LogP contribution in [0.3, 0.4) is 0 Å². The number of aromatic nitrogens is 3. The first-order chi connectivity index (χ1) is 9.21. The van der Waals surface area contributed by atoms with Crippen LogP contribution in [0, 0.1) is 0 Å². The van der Waals surface area contributed by atoms with Crippen molar-refractivity contribution in [2.45, 2.75) is 26.4 Å². The molecule has 0 aliphatic carbocycles. The molecule has 0 unspecified atom stereocenters. The topological polar surface area (TPSA) is 69.5 Å². The summed E-state index contributed by atoms with van der Waals surface area (Å²) in [6.45, 7) is 5.42. The van der Waals surface area contributed by atoms with Gasteiger partial charge >= 0.3 is 5.97 Å². The normalized spacial score (nSPS) is 10.9. The van der Waals surface area contributed by atoms with Gasteiger partial charge in [-0.15, -0.1) is 0 Å². The average Bonchev–Trinajstić information content (AvgIpc) is 2.88. The number of hydrogen-bond donors (Lipinski definition) is 0. The van der Waals surface area contributed by atoms with Crippen molar-refractivity contribution in [2.24, 2.45) is 0 Å². The molecular formula is C12H22N4O3. The summed E-state index contributed by atoms with van der Waals surface area (Å²) in [6, 6.07) is 0. The fourth-order valence-electron chi connectivity index (χ4n) is 1.72. The molecule has 0 bridgehead atoms. The molecule has 0 radical (unpaired) electrons. The summed E-state index contributed by atoms with van der Waals surface area (Å²) < 4.78 is 11.6. The lowest BCUT2D eigenvalue weighted by molar-refractivity contribution is -0.141. The molecule has 19 heavy (non-hydrogen) atoms. The molecule has 0 N–H and O–H groups in total. The van der Waals surface area contributed by atoms with E-state index in [-0.39, 0.29) is 5.97 Å². The van der Waals surface area contributed by atoms with Gasteiger partial charge in [0.1, 0.15) is 12.2 Å². The predicted octanol–water partition coefficient (Wildman–Crippen LogP) is 0.310.